The molecule has 1 aromatic carbocycles. The van der Waals surface area contributed by atoms with Gasteiger partial charge in [-0.1, -0.05) is 25.8 Å². The van der Waals surface area contributed by atoms with Gasteiger partial charge >= 0.3 is 5.97 Å². The Hall–Kier alpha value is -1.16. The Morgan fingerprint density at radius 3 is 2.85 bits per heavy atom. The number of carboxylic acid groups (broad SMARTS) is 1. The van der Waals surface area contributed by atoms with Crippen LogP contribution in [0.25, 0.3) is 0 Å². The first-order valence-corrected chi connectivity index (χ1v) is 8.58. The Morgan fingerprint density at radius 1 is 1.40 bits per heavy atom. The molecule has 0 saturated carbocycles. The van der Waals surface area contributed by atoms with Crippen molar-refractivity contribution in [1.82, 2.24) is 0 Å². The summed E-state index contributed by atoms with van der Waals surface area (Å²) in [5.41, 5.74) is 1.37. The topological polar surface area (TPSA) is 40.5 Å². The van der Waals surface area contributed by atoms with Crippen LogP contribution in [0.1, 0.15) is 49.4 Å². The summed E-state index contributed by atoms with van der Waals surface area (Å²) in [5.74, 6) is -0.816. The van der Waals surface area contributed by atoms with Crippen molar-refractivity contribution >= 4 is 23.4 Å². The summed E-state index contributed by atoms with van der Waals surface area (Å²) in [7, 11) is 0. The molecule has 1 aromatic rings. The van der Waals surface area contributed by atoms with Gasteiger partial charge in [0, 0.05) is 17.5 Å². The fourth-order valence-electron chi connectivity index (χ4n) is 3.06. The van der Waals surface area contributed by atoms with Gasteiger partial charge in [0.1, 0.15) is 0 Å². The lowest BCUT2D eigenvalue weighted by molar-refractivity contribution is 0.0693. The van der Waals surface area contributed by atoms with Crippen LogP contribution in [0.15, 0.2) is 23.1 Å². The molecule has 0 radical (unpaired) electrons. The zero-order valence-corrected chi connectivity index (χ0v) is 13.1. The largest absolute Gasteiger partial charge is 0.478 e. The maximum atomic E-state index is 11.7. The van der Waals surface area contributed by atoms with E-state index >= 15 is 0 Å². The molecule has 110 valence electrons. The van der Waals surface area contributed by atoms with Crippen LogP contribution in [0.4, 0.5) is 5.69 Å². The molecule has 0 spiro atoms. The molecular weight excluding hydrogens is 270 g/mol. The van der Waals surface area contributed by atoms with Crippen LogP contribution in [-0.2, 0) is 0 Å². The number of hydrogen-bond donors (Lipinski definition) is 1. The van der Waals surface area contributed by atoms with Crippen LogP contribution < -0.4 is 4.90 Å². The highest BCUT2D eigenvalue weighted by Crippen LogP contribution is 2.33. The van der Waals surface area contributed by atoms with Crippen LogP contribution in [-0.4, -0.2) is 29.9 Å². The van der Waals surface area contributed by atoms with E-state index in [-0.39, 0.29) is 0 Å². The predicted octanol–water partition coefficient (Wildman–Crippen LogP) is 4.27. The fourth-order valence-corrected chi connectivity index (χ4v) is 3.67. The van der Waals surface area contributed by atoms with E-state index in [1.165, 1.54) is 31.0 Å². The van der Waals surface area contributed by atoms with E-state index in [9.17, 15) is 9.90 Å². The molecule has 1 heterocycles. The molecule has 0 aliphatic carbocycles. The van der Waals surface area contributed by atoms with Crippen LogP contribution in [0, 0.1) is 0 Å². The Kier molecular flexibility index (Phi) is 5.35. The lowest BCUT2D eigenvalue weighted by Crippen LogP contribution is -2.35. The van der Waals surface area contributed by atoms with Crippen molar-refractivity contribution in [3.8, 4) is 0 Å². The number of rotatable bonds is 4. The van der Waals surface area contributed by atoms with Gasteiger partial charge in [0.05, 0.1) is 11.3 Å². The highest BCUT2D eigenvalue weighted by atomic mass is 32.2. The lowest BCUT2D eigenvalue weighted by atomic mass is 10.1. The summed E-state index contributed by atoms with van der Waals surface area (Å²) in [6.45, 7) is 3.17. The zero-order chi connectivity index (χ0) is 14.5. The Morgan fingerprint density at radius 2 is 2.20 bits per heavy atom. The predicted molar refractivity (Wildman–Crippen MR) is 85.1 cm³/mol. The minimum atomic E-state index is -0.816. The summed E-state index contributed by atoms with van der Waals surface area (Å²) in [6.07, 6.45) is 7.82. The van der Waals surface area contributed by atoms with Crippen LogP contribution in [0.3, 0.4) is 0 Å². The molecule has 3 nitrogen and oxygen atoms in total. The molecular formula is C16H23NO2S. The number of hydrogen-bond acceptors (Lipinski definition) is 3. The molecule has 1 saturated heterocycles. The second kappa shape index (κ2) is 7.02. The molecule has 4 heteroatoms. The highest BCUT2D eigenvalue weighted by molar-refractivity contribution is 7.98. The zero-order valence-electron chi connectivity index (χ0n) is 12.3. The van der Waals surface area contributed by atoms with Crippen molar-refractivity contribution in [3.05, 3.63) is 23.8 Å². The van der Waals surface area contributed by atoms with Crippen molar-refractivity contribution in [2.75, 3.05) is 17.7 Å². The second-order valence-corrected chi connectivity index (χ2v) is 6.11. The Labute approximate surface area is 125 Å². The van der Waals surface area contributed by atoms with Crippen molar-refractivity contribution in [2.45, 2.75) is 50.0 Å². The fraction of sp³-hybridized carbons (Fsp3) is 0.562. The maximum Gasteiger partial charge on any atom is 0.338 e. The van der Waals surface area contributed by atoms with Crippen LogP contribution in [0.2, 0.25) is 0 Å². The number of aromatic carboxylic acids is 1. The number of anilines is 1. The summed E-state index contributed by atoms with van der Waals surface area (Å²) in [6, 6.07) is 6.31. The lowest BCUT2D eigenvalue weighted by Gasteiger charge is -2.33. The average molecular weight is 293 g/mol. The third-order valence-electron chi connectivity index (χ3n) is 4.10. The average Bonchev–Trinajstić information content (AvgIpc) is 2.71. The Balaban J connectivity index is 2.46. The molecule has 2 rings (SSSR count). The number of carbonyl (C=O) groups is 1. The van der Waals surface area contributed by atoms with E-state index in [2.05, 4.69) is 11.8 Å². The first-order valence-electron chi connectivity index (χ1n) is 7.36. The maximum absolute atomic E-state index is 11.7. The van der Waals surface area contributed by atoms with E-state index in [1.54, 1.807) is 0 Å². The summed E-state index contributed by atoms with van der Waals surface area (Å²) in [4.78, 5) is 14.9. The van der Waals surface area contributed by atoms with Crippen LogP contribution >= 0.6 is 11.8 Å². The molecule has 1 fully saturated rings. The third-order valence-corrected chi connectivity index (χ3v) is 4.88. The van der Waals surface area contributed by atoms with Gasteiger partial charge in [0.15, 0.2) is 0 Å². The van der Waals surface area contributed by atoms with Gasteiger partial charge in [-0.15, -0.1) is 11.8 Å². The van der Waals surface area contributed by atoms with Gasteiger partial charge < -0.3 is 10.0 Å². The van der Waals surface area contributed by atoms with E-state index < -0.39 is 5.97 Å². The van der Waals surface area contributed by atoms with Gasteiger partial charge in [-0.2, -0.15) is 0 Å². The minimum absolute atomic E-state index is 0.465. The monoisotopic (exact) mass is 293 g/mol. The first-order chi connectivity index (χ1) is 9.69. The van der Waals surface area contributed by atoms with Gasteiger partial charge in [-0.3, -0.25) is 0 Å². The van der Waals surface area contributed by atoms with E-state index in [4.69, 9.17) is 0 Å². The van der Waals surface area contributed by atoms with E-state index in [0.29, 0.717) is 11.6 Å². The van der Waals surface area contributed by atoms with E-state index in [1.807, 2.05) is 24.5 Å². The molecule has 0 bridgehead atoms. The molecule has 1 aliphatic heterocycles. The van der Waals surface area contributed by atoms with Crippen molar-refractivity contribution in [3.63, 3.8) is 0 Å². The van der Waals surface area contributed by atoms with Crippen molar-refractivity contribution in [2.24, 2.45) is 0 Å². The Bertz CT molecular complexity index is 476. The molecule has 0 amide bonds. The second-order valence-electron chi connectivity index (χ2n) is 5.26. The normalized spacial score (nSPS) is 19.7. The molecule has 20 heavy (non-hydrogen) atoms. The first kappa shape index (κ1) is 15.2. The molecule has 1 atom stereocenters. The van der Waals surface area contributed by atoms with E-state index in [0.717, 1.165) is 30.0 Å². The molecule has 1 N–H and O–H groups in total. The number of carboxylic acids is 1. The summed E-state index contributed by atoms with van der Waals surface area (Å²) < 4.78 is 0. The third kappa shape index (κ3) is 3.11. The summed E-state index contributed by atoms with van der Waals surface area (Å²) in [5, 5.41) is 9.60. The highest BCUT2D eigenvalue weighted by Gasteiger charge is 2.25. The molecule has 0 aromatic heterocycles. The minimum Gasteiger partial charge on any atom is -0.478 e. The smallest absolute Gasteiger partial charge is 0.338 e. The van der Waals surface area contributed by atoms with Gasteiger partial charge in [-0.05, 0) is 37.7 Å². The van der Waals surface area contributed by atoms with Crippen LogP contribution in [0.5, 0.6) is 0 Å². The molecule has 1 aliphatic rings. The summed E-state index contributed by atoms with van der Waals surface area (Å²) >= 11 is 1.51. The SMILES string of the molecule is CCC1CCCCCN1c1cccc(SC)c1C(=O)O. The van der Waals surface area contributed by atoms with Gasteiger partial charge in [0.25, 0.3) is 0 Å². The number of benzene rings is 1. The molecule has 1 unspecified atom stereocenters. The van der Waals surface area contributed by atoms with Gasteiger partial charge in [-0.25, -0.2) is 4.79 Å². The number of thioether (sulfide) groups is 1. The van der Waals surface area contributed by atoms with Crippen molar-refractivity contribution in [1.29, 1.82) is 0 Å². The van der Waals surface area contributed by atoms with Gasteiger partial charge in [0.2, 0.25) is 0 Å². The standard InChI is InChI=1S/C16H23NO2S/c1-3-12-8-5-4-6-11-17(12)13-9-7-10-14(20-2)15(13)16(18)19/h7,9-10,12H,3-6,8,11H2,1-2H3,(H,18,19). The quantitative estimate of drug-likeness (QED) is 0.842. The van der Waals surface area contributed by atoms with Crippen molar-refractivity contribution < 1.29 is 9.90 Å². The number of nitrogens with zero attached hydrogens (tertiary/aromatic N) is 1.